The van der Waals surface area contributed by atoms with Gasteiger partial charge in [-0.25, -0.2) is 14.8 Å². The highest BCUT2D eigenvalue weighted by molar-refractivity contribution is 5.94. The molecule has 0 amide bonds. The minimum absolute atomic E-state index is 0.187. The number of anilines is 2. The van der Waals surface area contributed by atoms with Gasteiger partial charge in [0.15, 0.2) is 18.1 Å². The Kier molecular flexibility index (Phi) is 5.46. The number of ether oxygens (including phenoxy) is 3. The smallest absolute Gasteiger partial charge is 0.344 e. The van der Waals surface area contributed by atoms with Gasteiger partial charge >= 0.3 is 5.97 Å². The standard InChI is InChI=1S/C22H23N3O4/c1-3-28-21(26)13-29-20-12-17-16(11-19(20)27-2)22(24-14-23-17)25-10-6-8-15-7-4-5-9-18(15)25/h4-5,7,9,11-12,14H,3,6,8,10,13H2,1-2H3. The molecule has 2 aromatic carbocycles. The Labute approximate surface area is 169 Å². The van der Waals surface area contributed by atoms with Crippen LogP contribution in [0.2, 0.25) is 0 Å². The molecule has 0 aliphatic carbocycles. The van der Waals surface area contributed by atoms with Gasteiger partial charge in [-0.2, -0.15) is 0 Å². The largest absolute Gasteiger partial charge is 0.493 e. The Hall–Kier alpha value is -3.35. The quantitative estimate of drug-likeness (QED) is 0.592. The van der Waals surface area contributed by atoms with Gasteiger partial charge < -0.3 is 19.1 Å². The first-order valence-electron chi connectivity index (χ1n) is 9.68. The number of hydrogen-bond acceptors (Lipinski definition) is 7. The Balaban J connectivity index is 1.73. The van der Waals surface area contributed by atoms with Crippen LogP contribution in [0.15, 0.2) is 42.7 Å². The number of carbonyl (C=O) groups excluding carboxylic acids is 1. The van der Waals surface area contributed by atoms with E-state index in [1.807, 2.05) is 12.1 Å². The molecule has 1 aliphatic heterocycles. The van der Waals surface area contributed by atoms with Crippen LogP contribution in [0.3, 0.4) is 0 Å². The van der Waals surface area contributed by atoms with E-state index in [-0.39, 0.29) is 6.61 Å². The highest BCUT2D eigenvalue weighted by atomic mass is 16.6. The Morgan fingerprint density at radius 2 is 2.03 bits per heavy atom. The summed E-state index contributed by atoms with van der Waals surface area (Å²) in [5.74, 6) is 1.36. The molecule has 0 atom stereocenters. The number of aryl methyl sites for hydroxylation is 1. The van der Waals surface area contributed by atoms with E-state index in [0.717, 1.165) is 36.1 Å². The molecular formula is C22H23N3O4. The van der Waals surface area contributed by atoms with E-state index in [4.69, 9.17) is 14.2 Å². The minimum Gasteiger partial charge on any atom is -0.493 e. The van der Waals surface area contributed by atoms with Crippen molar-refractivity contribution in [3.05, 3.63) is 48.3 Å². The summed E-state index contributed by atoms with van der Waals surface area (Å²) < 4.78 is 16.0. The number of rotatable bonds is 6. The molecule has 150 valence electrons. The predicted molar refractivity (Wildman–Crippen MR) is 110 cm³/mol. The van der Waals surface area contributed by atoms with Crippen molar-refractivity contribution in [2.75, 3.05) is 31.8 Å². The van der Waals surface area contributed by atoms with Crippen molar-refractivity contribution < 1.29 is 19.0 Å². The maximum atomic E-state index is 11.6. The predicted octanol–water partition coefficient (Wildman–Crippen LogP) is 3.66. The van der Waals surface area contributed by atoms with Gasteiger partial charge in [-0.1, -0.05) is 18.2 Å². The molecule has 0 saturated carbocycles. The fraction of sp³-hybridized carbons (Fsp3) is 0.318. The van der Waals surface area contributed by atoms with Crippen molar-refractivity contribution >= 4 is 28.4 Å². The third kappa shape index (κ3) is 3.81. The average molecular weight is 393 g/mol. The van der Waals surface area contributed by atoms with Gasteiger partial charge in [0.25, 0.3) is 0 Å². The van der Waals surface area contributed by atoms with Gasteiger partial charge in [0.2, 0.25) is 0 Å². The zero-order chi connectivity index (χ0) is 20.2. The third-order valence-electron chi connectivity index (χ3n) is 4.92. The van der Waals surface area contributed by atoms with Gasteiger partial charge in [0.05, 0.1) is 19.2 Å². The van der Waals surface area contributed by atoms with Crippen LogP contribution in [0.25, 0.3) is 10.9 Å². The molecule has 0 fully saturated rings. The first-order chi connectivity index (χ1) is 14.2. The summed E-state index contributed by atoms with van der Waals surface area (Å²) in [4.78, 5) is 22.8. The van der Waals surface area contributed by atoms with Crippen LogP contribution in [0.4, 0.5) is 11.5 Å². The first-order valence-corrected chi connectivity index (χ1v) is 9.68. The lowest BCUT2D eigenvalue weighted by Crippen LogP contribution is -2.25. The zero-order valence-corrected chi connectivity index (χ0v) is 16.6. The minimum atomic E-state index is -0.428. The van der Waals surface area contributed by atoms with E-state index in [1.54, 1.807) is 26.4 Å². The van der Waals surface area contributed by atoms with Crippen LogP contribution in [0.5, 0.6) is 11.5 Å². The van der Waals surface area contributed by atoms with Crippen LogP contribution in [-0.2, 0) is 16.0 Å². The number of benzene rings is 2. The van der Waals surface area contributed by atoms with Crippen LogP contribution in [0, 0.1) is 0 Å². The number of methoxy groups -OCH3 is 1. The van der Waals surface area contributed by atoms with Crippen molar-refractivity contribution in [1.82, 2.24) is 9.97 Å². The fourth-order valence-corrected chi connectivity index (χ4v) is 3.63. The second-order valence-electron chi connectivity index (χ2n) is 6.70. The number of carbonyl (C=O) groups is 1. The summed E-state index contributed by atoms with van der Waals surface area (Å²) in [7, 11) is 1.57. The molecule has 3 aromatic rings. The molecule has 7 nitrogen and oxygen atoms in total. The van der Waals surface area contributed by atoms with Crippen LogP contribution in [0.1, 0.15) is 18.9 Å². The number of aromatic nitrogens is 2. The van der Waals surface area contributed by atoms with E-state index in [9.17, 15) is 4.79 Å². The maximum Gasteiger partial charge on any atom is 0.344 e. The average Bonchev–Trinajstić information content (AvgIpc) is 2.76. The molecule has 0 bridgehead atoms. The van der Waals surface area contributed by atoms with Crippen molar-refractivity contribution in [1.29, 1.82) is 0 Å². The normalized spacial score (nSPS) is 13.1. The number of para-hydroxylation sites is 1. The number of esters is 1. The van der Waals surface area contributed by atoms with Gasteiger partial charge in [0.1, 0.15) is 12.1 Å². The molecular weight excluding hydrogens is 370 g/mol. The lowest BCUT2D eigenvalue weighted by atomic mass is 10.0. The Morgan fingerprint density at radius 3 is 2.86 bits per heavy atom. The van der Waals surface area contributed by atoms with Crippen molar-refractivity contribution in [2.45, 2.75) is 19.8 Å². The van der Waals surface area contributed by atoms with E-state index in [0.29, 0.717) is 18.1 Å². The monoisotopic (exact) mass is 393 g/mol. The number of nitrogens with zero attached hydrogens (tertiary/aromatic N) is 3. The van der Waals surface area contributed by atoms with E-state index >= 15 is 0 Å². The summed E-state index contributed by atoms with van der Waals surface area (Å²) in [6.45, 7) is 2.76. The van der Waals surface area contributed by atoms with Crippen LogP contribution in [-0.4, -0.2) is 42.8 Å². The van der Waals surface area contributed by atoms with E-state index in [1.165, 1.54) is 11.3 Å². The molecule has 7 heteroatoms. The summed E-state index contributed by atoms with van der Waals surface area (Å²) in [6, 6.07) is 12.0. The lowest BCUT2D eigenvalue weighted by Gasteiger charge is -2.31. The van der Waals surface area contributed by atoms with E-state index in [2.05, 4.69) is 33.1 Å². The molecule has 2 heterocycles. The molecule has 4 rings (SSSR count). The molecule has 0 saturated heterocycles. The molecule has 0 radical (unpaired) electrons. The second kappa shape index (κ2) is 8.34. The molecule has 0 N–H and O–H groups in total. The van der Waals surface area contributed by atoms with E-state index < -0.39 is 5.97 Å². The van der Waals surface area contributed by atoms with Gasteiger partial charge in [0, 0.05) is 23.7 Å². The summed E-state index contributed by atoms with van der Waals surface area (Å²) in [5.41, 5.74) is 3.20. The fourth-order valence-electron chi connectivity index (χ4n) is 3.63. The van der Waals surface area contributed by atoms with Crippen LogP contribution >= 0.6 is 0 Å². The summed E-state index contributed by atoms with van der Waals surface area (Å²) >= 11 is 0. The summed E-state index contributed by atoms with van der Waals surface area (Å²) in [6.07, 6.45) is 3.67. The van der Waals surface area contributed by atoms with Crippen molar-refractivity contribution in [3.63, 3.8) is 0 Å². The van der Waals surface area contributed by atoms with Gasteiger partial charge in [-0.05, 0) is 37.5 Å². The lowest BCUT2D eigenvalue weighted by molar-refractivity contribution is -0.145. The highest BCUT2D eigenvalue weighted by Gasteiger charge is 2.22. The molecule has 1 aliphatic rings. The summed E-state index contributed by atoms with van der Waals surface area (Å²) in [5, 5.41) is 0.865. The van der Waals surface area contributed by atoms with Gasteiger partial charge in [-0.3, -0.25) is 0 Å². The third-order valence-corrected chi connectivity index (χ3v) is 4.92. The SMILES string of the molecule is CCOC(=O)COc1cc2ncnc(N3CCCc4ccccc43)c2cc1OC. The number of fused-ring (bicyclic) bond motifs is 2. The highest BCUT2D eigenvalue weighted by Crippen LogP contribution is 2.39. The Morgan fingerprint density at radius 1 is 1.17 bits per heavy atom. The molecule has 0 unspecified atom stereocenters. The topological polar surface area (TPSA) is 73.8 Å². The Bertz CT molecular complexity index is 1040. The second-order valence-corrected chi connectivity index (χ2v) is 6.70. The molecule has 29 heavy (non-hydrogen) atoms. The maximum absolute atomic E-state index is 11.6. The molecule has 0 spiro atoms. The first kappa shape index (κ1) is 19.0. The van der Waals surface area contributed by atoms with Crippen molar-refractivity contribution in [3.8, 4) is 11.5 Å². The number of hydrogen-bond donors (Lipinski definition) is 0. The zero-order valence-electron chi connectivity index (χ0n) is 16.6. The van der Waals surface area contributed by atoms with Crippen LogP contribution < -0.4 is 14.4 Å². The van der Waals surface area contributed by atoms with Crippen molar-refractivity contribution in [2.24, 2.45) is 0 Å². The molecule has 1 aromatic heterocycles. The van der Waals surface area contributed by atoms with Gasteiger partial charge in [-0.15, -0.1) is 0 Å².